The zero-order chi connectivity index (χ0) is 19.1. The van der Waals surface area contributed by atoms with Crippen molar-refractivity contribution in [3.63, 3.8) is 0 Å². The Balaban J connectivity index is 2.38. The maximum absolute atomic E-state index is 13.2. The number of para-hydroxylation sites is 1. The Morgan fingerprint density at radius 1 is 1.23 bits per heavy atom. The number of aryl methyl sites for hydroxylation is 1. The zero-order valence-electron chi connectivity index (χ0n) is 16.3. The molecule has 0 fully saturated rings. The molecule has 0 saturated carbocycles. The number of carbonyl (C=O) groups excluding carboxylic acids is 1. The van der Waals surface area contributed by atoms with E-state index in [4.69, 9.17) is 4.99 Å². The third kappa shape index (κ3) is 5.15. The number of carbonyl (C=O) groups is 1. The second-order valence-corrected chi connectivity index (χ2v) is 7.63. The molecule has 0 aliphatic rings. The highest BCUT2D eigenvalue weighted by molar-refractivity contribution is 7.11. The molecule has 26 heavy (non-hydrogen) atoms. The number of hydrogen-bond donors (Lipinski definition) is 0. The van der Waals surface area contributed by atoms with E-state index in [0.29, 0.717) is 0 Å². The third-order valence-electron chi connectivity index (χ3n) is 4.09. The maximum Gasteiger partial charge on any atom is 0.255 e. The molecule has 4 heteroatoms. The molecule has 1 heterocycles. The lowest BCUT2D eigenvalue weighted by Gasteiger charge is -2.28. The number of nitrogens with zero attached hydrogens (tertiary/aromatic N) is 2. The van der Waals surface area contributed by atoms with Gasteiger partial charge in [0.15, 0.2) is 0 Å². The van der Waals surface area contributed by atoms with Crippen LogP contribution in [0.15, 0.2) is 52.3 Å². The van der Waals surface area contributed by atoms with Gasteiger partial charge in [-0.25, -0.2) is 4.99 Å². The Hall–Kier alpha value is -2.20. The summed E-state index contributed by atoms with van der Waals surface area (Å²) in [5.74, 6) is 0.852. The predicted molar refractivity (Wildman–Crippen MR) is 113 cm³/mol. The van der Waals surface area contributed by atoms with Crippen molar-refractivity contribution < 1.29 is 4.79 Å². The smallest absolute Gasteiger partial charge is 0.255 e. The molecule has 0 unspecified atom stereocenters. The van der Waals surface area contributed by atoms with Crippen molar-refractivity contribution in [3.8, 4) is 0 Å². The van der Waals surface area contributed by atoms with Crippen LogP contribution >= 0.6 is 11.3 Å². The van der Waals surface area contributed by atoms with Gasteiger partial charge in [0, 0.05) is 22.9 Å². The van der Waals surface area contributed by atoms with Gasteiger partial charge in [0.25, 0.3) is 5.91 Å². The first kappa shape index (κ1) is 20.1. The van der Waals surface area contributed by atoms with Gasteiger partial charge < -0.3 is 0 Å². The van der Waals surface area contributed by atoms with Gasteiger partial charge in [0.2, 0.25) is 0 Å². The number of aliphatic imine (C=N–C) groups is 1. The number of benzene rings is 1. The molecule has 0 aliphatic heterocycles. The van der Waals surface area contributed by atoms with Crippen LogP contribution in [0.1, 0.15) is 51.0 Å². The van der Waals surface area contributed by atoms with Gasteiger partial charge in [-0.3, -0.25) is 9.69 Å². The minimum Gasteiger partial charge on any atom is -0.294 e. The minimum absolute atomic E-state index is 0.0240. The Bertz CT molecular complexity index is 787. The van der Waals surface area contributed by atoms with Gasteiger partial charge in [-0.05, 0) is 69.3 Å². The molecule has 2 aromatic rings. The lowest BCUT2D eigenvalue weighted by molar-refractivity contribution is -0.124. The molecule has 0 saturated heterocycles. The van der Waals surface area contributed by atoms with Crippen molar-refractivity contribution in [3.05, 3.63) is 57.8 Å². The van der Waals surface area contributed by atoms with Crippen LogP contribution in [0.5, 0.6) is 0 Å². The van der Waals surface area contributed by atoms with Crippen LogP contribution in [-0.2, 0) is 4.79 Å². The second kappa shape index (κ2) is 9.48. The van der Waals surface area contributed by atoms with E-state index in [0.717, 1.165) is 34.8 Å². The number of thiophene rings is 1. The largest absolute Gasteiger partial charge is 0.294 e. The quantitative estimate of drug-likeness (QED) is 0.338. The predicted octanol–water partition coefficient (Wildman–Crippen LogP) is 6.23. The van der Waals surface area contributed by atoms with Gasteiger partial charge in [-0.2, -0.15) is 0 Å². The average molecular weight is 369 g/mol. The van der Waals surface area contributed by atoms with Crippen molar-refractivity contribution in [2.75, 3.05) is 0 Å². The number of hydrogen-bond acceptors (Lipinski definition) is 3. The number of amides is 1. The summed E-state index contributed by atoms with van der Waals surface area (Å²) in [5, 5.41) is 2.05. The standard InChI is InChI=1S/C22H28N2OS/c1-6-10-21(23-19-11-8-7-9-12-19)24(16(2)3)22(25)18(5)15-20-17(4)13-14-26-20/h7-9,11-16H,6,10H2,1-5H3/b18-15+,23-21?. The Morgan fingerprint density at radius 3 is 2.46 bits per heavy atom. The summed E-state index contributed by atoms with van der Waals surface area (Å²) >= 11 is 1.66. The van der Waals surface area contributed by atoms with Crippen LogP contribution in [0.3, 0.4) is 0 Å². The minimum atomic E-state index is 0.0240. The lowest BCUT2D eigenvalue weighted by Crippen LogP contribution is -2.42. The van der Waals surface area contributed by atoms with E-state index in [-0.39, 0.29) is 11.9 Å². The van der Waals surface area contributed by atoms with Crippen molar-refractivity contribution >= 4 is 34.8 Å². The molecule has 0 radical (unpaired) electrons. The van der Waals surface area contributed by atoms with E-state index < -0.39 is 0 Å². The summed E-state index contributed by atoms with van der Waals surface area (Å²) in [6.45, 7) is 10.2. The van der Waals surface area contributed by atoms with Crippen LogP contribution in [0.2, 0.25) is 0 Å². The van der Waals surface area contributed by atoms with E-state index >= 15 is 0 Å². The molecule has 1 aromatic heterocycles. The molecule has 3 nitrogen and oxygen atoms in total. The van der Waals surface area contributed by atoms with Crippen LogP contribution in [0.25, 0.3) is 6.08 Å². The fourth-order valence-corrected chi connectivity index (χ4v) is 3.65. The normalized spacial score (nSPS) is 12.5. The molecule has 138 valence electrons. The first-order valence-corrected chi connectivity index (χ1v) is 10.0. The van der Waals surface area contributed by atoms with Crippen molar-refractivity contribution in [1.29, 1.82) is 0 Å². The van der Waals surface area contributed by atoms with Crippen molar-refractivity contribution in [2.45, 2.75) is 53.5 Å². The lowest BCUT2D eigenvalue weighted by atomic mass is 10.1. The molecule has 0 atom stereocenters. The summed E-state index contributed by atoms with van der Waals surface area (Å²) < 4.78 is 0. The van der Waals surface area contributed by atoms with E-state index in [9.17, 15) is 4.79 Å². The maximum atomic E-state index is 13.2. The third-order valence-corrected chi connectivity index (χ3v) is 5.05. The molecule has 1 aromatic carbocycles. The van der Waals surface area contributed by atoms with E-state index in [1.54, 1.807) is 11.3 Å². The number of rotatable bonds is 6. The molecule has 2 rings (SSSR count). The molecular weight excluding hydrogens is 340 g/mol. The average Bonchev–Trinajstić information content (AvgIpc) is 3.00. The summed E-state index contributed by atoms with van der Waals surface area (Å²) in [6, 6.07) is 12.0. The Labute approximate surface area is 161 Å². The zero-order valence-corrected chi connectivity index (χ0v) is 17.1. The Kier molecular flexibility index (Phi) is 7.34. The van der Waals surface area contributed by atoms with Crippen molar-refractivity contribution in [1.82, 2.24) is 4.90 Å². The topological polar surface area (TPSA) is 32.7 Å². The SMILES string of the molecule is CCCC(=Nc1ccccc1)N(C(=O)/C(C)=C/c1sccc1C)C(C)C. The first-order chi connectivity index (χ1) is 12.4. The van der Waals surface area contributed by atoms with Gasteiger partial charge in [-0.1, -0.05) is 25.1 Å². The molecule has 0 aliphatic carbocycles. The highest BCUT2D eigenvalue weighted by atomic mass is 32.1. The van der Waals surface area contributed by atoms with Crippen LogP contribution < -0.4 is 0 Å². The first-order valence-electron chi connectivity index (χ1n) is 9.12. The van der Waals surface area contributed by atoms with Crippen LogP contribution in [0.4, 0.5) is 5.69 Å². The van der Waals surface area contributed by atoms with Gasteiger partial charge in [0.05, 0.1) is 5.69 Å². The summed E-state index contributed by atoms with van der Waals surface area (Å²) in [7, 11) is 0. The number of amidine groups is 1. The molecule has 0 bridgehead atoms. The summed E-state index contributed by atoms with van der Waals surface area (Å²) in [5.41, 5.74) is 2.82. The van der Waals surface area contributed by atoms with Crippen LogP contribution in [0, 0.1) is 6.92 Å². The van der Waals surface area contributed by atoms with Crippen LogP contribution in [-0.4, -0.2) is 22.7 Å². The van der Waals surface area contributed by atoms with Gasteiger partial charge in [0.1, 0.15) is 5.84 Å². The Morgan fingerprint density at radius 2 is 1.92 bits per heavy atom. The van der Waals surface area contributed by atoms with E-state index in [1.807, 2.05) is 62.1 Å². The summed E-state index contributed by atoms with van der Waals surface area (Å²) in [6.07, 6.45) is 3.70. The van der Waals surface area contributed by atoms with Crippen molar-refractivity contribution in [2.24, 2.45) is 4.99 Å². The van der Waals surface area contributed by atoms with Gasteiger partial charge >= 0.3 is 0 Å². The van der Waals surface area contributed by atoms with E-state index in [2.05, 4.69) is 25.3 Å². The van der Waals surface area contributed by atoms with Gasteiger partial charge in [-0.15, -0.1) is 11.3 Å². The highest BCUT2D eigenvalue weighted by Gasteiger charge is 2.23. The highest BCUT2D eigenvalue weighted by Crippen LogP contribution is 2.22. The fourth-order valence-electron chi connectivity index (χ4n) is 2.74. The van der Waals surface area contributed by atoms with E-state index in [1.165, 1.54) is 5.56 Å². The molecule has 1 amide bonds. The molecule has 0 spiro atoms. The summed E-state index contributed by atoms with van der Waals surface area (Å²) in [4.78, 5) is 21.0. The fraction of sp³-hybridized carbons (Fsp3) is 0.364. The molecule has 0 N–H and O–H groups in total. The molecular formula is C22H28N2OS. The second-order valence-electron chi connectivity index (χ2n) is 6.68. The monoisotopic (exact) mass is 368 g/mol.